The van der Waals surface area contributed by atoms with Crippen LogP contribution < -0.4 is 5.32 Å². The number of anilines is 1. The van der Waals surface area contributed by atoms with Crippen LogP contribution in [0.1, 0.15) is 22.8 Å². The van der Waals surface area contributed by atoms with Gasteiger partial charge in [0.25, 0.3) is 11.6 Å². The van der Waals surface area contributed by atoms with Gasteiger partial charge in [0.1, 0.15) is 0 Å². The summed E-state index contributed by atoms with van der Waals surface area (Å²) >= 11 is 5.92. The number of hydrogen-bond donors (Lipinski definition) is 1. The summed E-state index contributed by atoms with van der Waals surface area (Å²) in [5, 5.41) is 13.4. The second kappa shape index (κ2) is 6.37. The van der Waals surface area contributed by atoms with E-state index in [4.69, 9.17) is 11.6 Å². The van der Waals surface area contributed by atoms with Gasteiger partial charge < -0.3 is 5.32 Å². The molecule has 21 heavy (non-hydrogen) atoms. The maximum atomic E-state index is 12.1. The zero-order valence-electron chi connectivity index (χ0n) is 11.3. The number of halogens is 1. The number of hydrogen-bond acceptors (Lipinski definition) is 3. The fourth-order valence-corrected chi connectivity index (χ4v) is 2.08. The molecule has 0 radical (unpaired) electrons. The summed E-state index contributed by atoms with van der Waals surface area (Å²) in [5.41, 5.74) is 1.86. The fraction of sp³-hybridized carbons (Fsp3) is 0.133. The standard InChI is InChI=1S/C15H13ClN2O3/c1-2-10-3-5-11(6-4-10)17-15(19)13-8-7-12(18(20)21)9-14(13)16/h3-9H,2H2,1H3,(H,17,19). The Labute approximate surface area is 126 Å². The van der Waals surface area contributed by atoms with Crippen molar-refractivity contribution in [2.45, 2.75) is 13.3 Å². The highest BCUT2D eigenvalue weighted by Crippen LogP contribution is 2.23. The average Bonchev–Trinajstić information content (AvgIpc) is 2.47. The lowest BCUT2D eigenvalue weighted by atomic mass is 10.1. The van der Waals surface area contributed by atoms with E-state index in [2.05, 4.69) is 5.32 Å². The van der Waals surface area contributed by atoms with Crippen molar-refractivity contribution in [3.63, 3.8) is 0 Å². The molecule has 0 aliphatic rings. The molecule has 0 fully saturated rings. The van der Waals surface area contributed by atoms with E-state index >= 15 is 0 Å². The number of nitrogens with zero attached hydrogens (tertiary/aromatic N) is 1. The number of carbonyl (C=O) groups excluding carboxylic acids is 1. The molecule has 0 spiro atoms. The van der Waals surface area contributed by atoms with Crippen LogP contribution in [-0.2, 0) is 6.42 Å². The summed E-state index contributed by atoms with van der Waals surface area (Å²) in [4.78, 5) is 22.2. The highest BCUT2D eigenvalue weighted by Gasteiger charge is 2.15. The molecule has 0 unspecified atom stereocenters. The summed E-state index contributed by atoms with van der Waals surface area (Å²) in [5.74, 6) is -0.404. The molecule has 0 heterocycles. The molecule has 2 rings (SSSR count). The monoisotopic (exact) mass is 304 g/mol. The van der Waals surface area contributed by atoms with Crippen LogP contribution in [0.2, 0.25) is 5.02 Å². The number of amides is 1. The van der Waals surface area contributed by atoms with Gasteiger partial charge >= 0.3 is 0 Å². The molecule has 2 aromatic rings. The van der Waals surface area contributed by atoms with E-state index in [0.29, 0.717) is 5.69 Å². The number of carbonyl (C=O) groups is 1. The third-order valence-electron chi connectivity index (χ3n) is 3.03. The predicted molar refractivity (Wildman–Crippen MR) is 81.9 cm³/mol. The fourth-order valence-electron chi connectivity index (χ4n) is 1.82. The summed E-state index contributed by atoms with van der Waals surface area (Å²) in [6.45, 7) is 2.05. The van der Waals surface area contributed by atoms with Gasteiger partial charge in [-0.15, -0.1) is 0 Å². The summed E-state index contributed by atoms with van der Waals surface area (Å²) in [6, 6.07) is 11.2. The lowest BCUT2D eigenvalue weighted by molar-refractivity contribution is -0.384. The van der Waals surface area contributed by atoms with E-state index in [1.165, 1.54) is 17.7 Å². The van der Waals surface area contributed by atoms with Gasteiger partial charge in [-0.05, 0) is 30.2 Å². The molecule has 5 nitrogen and oxygen atoms in total. The van der Waals surface area contributed by atoms with Crippen molar-refractivity contribution < 1.29 is 9.72 Å². The molecular formula is C15H13ClN2O3. The molecule has 0 atom stereocenters. The Kier molecular flexibility index (Phi) is 4.55. The minimum absolute atomic E-state index is 0.0480. The van der Waals surface area contributed by atoms with E-state index in [0.717, 1.165) is 12.5 Å². The smallest absolute Gasteiger partial charge is 0.270 e. The zero-order valence-corrected chi connectivity index (χ0v) is 12.1. The topological polar surface area (TPSA) is 72.2 Å². The third-order valence-corrected chi connectivity index (χ3v) is 3.34. The van der Waals surface area contributed by atoms with Crippen molar-refractivity contribution in [3.8, 4) is 0 Å². The Morgan fingerprint density at radius 2 is 1.90 bits per heavy atom. The number of nitro benzene ring substituents is 1. The van der Waals surface area contributed by atoms with Gasteiger partial charge in [0.05, 0.1) is 15.5 Å². The van der Waals surface area contributed by atoms with E-state index in [-0.39, 0.29) is 16.3 Å². The highest BCUT2D eigenvalue weighted by atomic mass is 35.5. The van der Waals surface area contributed by atoms with E-state index in [1.54, 1.807) is 12.1 Å². The van der Waals surface area contributed by atoms with E-state index in [9.17, 15) is 14.9 Å². The number of aryl methyl sites for hydroxylation is 1. The molecule has 6 heteroatoms. The van der Waals surface area contributed by atoms with Crippen molar-refractivity contribution in [2.24, 2.45) is 0 Å². The summed E-state index contributed by atoms with van der Waals surface area (Å²) < 4.78 is 0. The average molecular weight is 305 g/mol. The number of nitro groups is 1. The Balaban J connectivity index is 2.17. The van der Waals surface area contributed by atoms with Crippen LogP contribution >= 0.6 is 11.6 Å². The SMILES string of the molecule is CCc1ccc(NC(=O)c2ccc([N+](=O)[O-])cc2Cl)cc1. The van der Waals surface area contributed by atoms with Crippen LogP contribution in [0.5, 0.6) is 0 Å². The second-order valence-electron chi connectivity index (χ2n) is 4.43. The molecule has 1 N–H and O–H groups in total. The van der Waals surface area contributed by atoms with Gasteiger partial charge in [-0.3, -0.25) is 14.9 Å². The molecule has 0 aliphatic heterocycles. The molecule has 0 saturated carbocycles. The van der Waals surface area contributed by atoms with Crippen molar-refractivity contribution >= 4 is 28.9 Å². The maximum absolute atomic E-state index is 12.1. The molecule has 0 saturated heterocycles. The van der Waals surface area contributed by atoms with Crippen LogP contribution in [-0.4, -0.2) is 10.8 Å². The van der Waals surface area contributed by atoms with Gasteiger partial charge in [0, 0.05) is 17.8 Å². The second-order valence-corrected chi connectivity index (χ2v) is 4.83. The number of nitrogens with one attached hydrogen (secondary N) is 1. The van der Waals surface area contributed by atoms with Crippen molar-refractivity contribution in [2.75, 3.05) is 5.32 Å². The van der Waals surface area contributed by atoms with Gasteiger partial charge in [0.2, 0.25) is 0 Å². The van der Waals surface area contributed by atoms with Gasteiger partial charge in [-0.2, -0.15) is 0 Å². The largest absolute Gasteiger partial charge is 0.322 e. The zero-order chi connectivity index (χ0) is 15.4. The first-order valence-electron chi connectivity index (χ1n) is 6.35. The number of non-ortho nitro benzene ring substituents is 1. The molecule has 0 aliphatic carbocycles. The van der Waals surface area contributed by atoms with Crippen molar-refractivity contribution in [3.05, 3.63) is 68.7 Å². The molecule has 2 aromatic carbocycles. The van der Waals surface area contributed by atoms with Crippen LogP contribution in [0, 0.1) is 10.1 Å². The quantitative estimate of drug-likeness (QED) is 0.683. The van der Waals surface area contributed by atoms with Crippen LogP contribution in [0.25, 0.3) is 0 Å². The minimum Gasteiger partial charge on any atom is -0.322 e. The summed E-state index contributed by atoms with van der Waals surface area (Å²) in [7, 11) is 0. The minimum atomic E-state index is -0.558. The lowest BCUT2D eigenvalue weighted by Gasteiger charge is -2.07. The lowest BCUT2D eigenvalue weighted by Crippen LogP contribution is -2.12. The van der Waals surface area contributed by atoms with Crippen molar-refractivity contribution in [1.82, 2.24) is 0 Å². The van der Waals surface area contributed by atoms with Gasteiger partial charge in [0.15, 0.2) is 0 Å². The van der Waals surface area contributed by atoms with Crippen LogP contribution in [0.3, 0.4) is 0 Å². The first-order valence-corrected chi connectivity index (χ1v) is 6.73. The first-order chi connectivity index (χ1) is 10.0. The number of benzene rings is 2. The first kappa shape index (κ1) is 15.0. The Hall–Kier alpha value is -2.40. The van der Waals surface area contributed by atoms with Crippen LogP contribution in [0.4, 0.5) is 11.4 Å². The normalized spacial score (nSPS) is 10.2. The van der Waals surface area contributed by atoms with Gasteiger partial charge in [-0.1, -0.05) is 30.7 Å². The molecule has 108 valence electrons. The summed E-state index contributed by atoms with van der Waals surface area (Å²) in [6.07, 6.45) is 0.919. The molecule has 0 bridgehead atoms. The van der Waals surface area contributed by atoms with E-state index in [1.807, 2.05) is 19.1 Å². The molecule has 0 aromatic heterocycles. The molecular weight excluding hydrogens is 292 g/mol. The number of rotatable bonds is 4. The Morgan fingerprint density at radius 1 is 1.24 bits per heavy atom. The molecule has 1 amide bonds. The Morgan fingerprint density at radius 3 is 2.43 bits per heavy atom. The highest BCUT2D eigenvalue weighted by molar-refractivity contribution is 6.34. The van der Waals surface area contributed by atoms with E-state index < -0.39 is 10.8 Å². The van der Waals surface area contributed by atoms with Crippen molar-refractivity contribution in [1.29, 1.82) is 0 Å². The maximum Gasteiger partial charge on any atom is 0.270 e. The predicted octanol–water partition coefficient (Wildman–Crippen LogP) is 4.06. The Bertz CT molecular complexity index is 684. The van der Waals surface area contributed by atoms with Gasteiger partial charge in [-0.25, -0.2) is 0 Å². The van der Waals surface area contributed by atoms with Crippen LogP contribution in [0.15, 0.2) is 42.5 Å². The third kappa shape index (κ3) is 3.58.